The van der Waals surface area contributed by atoms with E-state index in [1.165, 1.54) is 0 Å². The number of rotatable bonds is 0. The molecule has 1 aromatic heterocycles. The second-order valence-corrected chi connectivity index (χ2v) is 4.23. The number of hydrogen-bond acceptors (Lipinski definition) is 2. The Morgan fingerprint density at radius 1 is 1.18 bits per heavy atom. The highest BCUT2D eigenvalue weighted by Crippen LogP contribution is 2.17. The maximum absolute atomic E-state index is 13.1. The summed E-state index contributed by atoms with van der Waals surface area (Å²) < 4.78 is 27.8. The van der Waals surface area contributed by atoms with Crippen LogP contribution in [0.5, 0.6) is 0 Å². The maximum Gasteiger partial charge on any atom is 0.261 e. The van der Waals surface area contributed by atoms with Gasteiger partial charge in [-0.3, -0.25) is 9.36 Å². The lowest BCUT2D eigenvalue weighted by Gasteiger charge is -2.17. The summed E-state index contributed by atoms with van der Waals surface area (Å²) in [6, 6.07) is 1.92. The van der Waals surface area contributed by atoms with E-state index in [9.17, 15) is 13.6 Å². The van der Waals surface area contributed by atoms with Gasteiger partial charge in [-0.05, 0) is 18.9 Å². The van der Waals surface area contributed by atoms with Crippen molar-refractivity contribution in [2.45, 2.75) is 25.8 Å². The highest BCUT2D eigenvalue weighted by molar-refractivity contribution is 5.77. The zero-order valence-corrected chi connectivity index (χ0v) is 9.04. The minimum absolute atomic E-state index is 0.148. The van der Waals surface area contributed by atoms with Crippen LogP contribution in [-0.2, 0) is 13.0 Å². The van der Waals surface area contributed by atoms with Crippen molar-refractivity contribution >= 4 is 10.9 Å². The summed E-state index contributed by atoms with van der Waals surface area (Å²) in [5.74, 6) is -1.31. The molecule has 0 unspecified atom stereocenters. The summed E-state index contributed by atoms with van der Waals surface area (Å²) in [6.07, 6.45) is 2.61. The Bertz CT molecular complexity index is 664. The Morgan fingerprint density at radius 2 is 1.94 bits per heavy atom. The average molecular weight is 236 g/mol. The van der Waals surface area contributed by atoms with E-state index in [4.69, 9.17) is 0 Å². The summed E-state index contributed by atoms with van der Waals surface area (Å²) in [6.45, 7) is 0.607. The van der Waals surface area contributed by atoms with E-state index in [1.807, 2.05) is 0 Å². The molecule has 0 amide bonds. The average Bonchev–Trinajstić information content (AvgIpc) is 2.32. The molecule has 1 aromatic carbocycles. The van der Waals surface area contributed by atoms with Gasteiger partial charge in [-0.2, -0.15) is 0 Å². The number of halogens is 2. The first-order valence-electron chi connectivity index (χ1n) is 5.55. The molecular weight excluding hydrogens is 226 g/mol. The first-order chi connectivity index (χ1) is 8.16. The van der Waals surface area contributed by atoms with Crippen LogP contribution in [-0.4, -0.2) is 9.55 Å². The lowest BCUT2D eigenvalue weighted by molar-refractivity contribution is 0.496. The summed E-state index contributed by atoms with van der Waals surface area (Å²) in [7, 11) is 0. The Kier molecular flexibility index (Phi) is 2.21. The highest BCUT2D eigenvalue weighted by Gasteiger charge is 2.16. The van der Waals surface area contributed by atoms with E-state index in [0.29, 0.717) is 18.8 Å². The number of hydrogen-bond donors (Lipinski definition) is 0. The second kappa shape index (κ2) is 3.61. The van der Waals surface area contributed by atoms with E-state index >= 15 is 0 Å². The predicted molar refractivity (Wildman–Crippen MR) is 58.9 cm³/mol. The van der Waals surface area contributed by atoms with E-state index in [1.54, 1.807) is 4.57 Å². The number of nitrogens with zero attached hydrogens (tertiary/aromatic N) is 2. The Labute approximate surface area is 95.7 Å². The van der Waals surface area contributed by atoms with E-state index in [-0.39, 0.29) is 16.5 Å². The second-order valence-electron chi connectivity index (χ2n) is 4.23. The minimum atomic E-state index is -1.01. The van der Waals surface area contributed by atoms with Gasteiger partial charge in [0.15, 0.2) is 11.6 Å². The molecule has 1 aliphatic heterocycles. The van der Waals surface area contributed by atoms with Crippen LogP contribution in [0.3, 0.4) is 0 Å². The molecule has 0 atom stereocenters. The van der Waals surface area contributed by atoms with Gasteiger partial charge in [0.05, 0.1) is 10.9 Å². The van der Waals surface area contributed by atoms with Gasteiger partial charge < -0.3 is 0 Å². The number of fused-ring (bicyclic) bond motifs is 2. The molecule has 88 valence electrons. The third kappa shape index (κ3) is 1.53. The molecule has 0 saturated carbocycles. The third-order valence-electron chi connectivity index (χ3n) is 3.11. The lowest BCUT2D eigenvalue weighted by atomic mass is 10.1. The summed E-state index contributed by atoms with van der Waals surface area (Å²) in [5, 5.41) is 0.148. The normalized spacial score (nSPS) is 14.9. The SMILES string of the molecule is O=c1c2cc(F)c(F)cc2nc2n1CCCC2. The Balaban J connectivity index is 2.40. The zero-order chi connectivity index (χ0) is 12.0. The van der Waals surface area contributed by atoms with Gasteiger partial charge in [-0.1, -0.05) is 0 Å². The first kappa shape index (κ1) is 10.4. The molecule has 3 nitrogen and oxygen atoms in total. The largest absolute Gasteiger partial charge is 0.296 e. The van der Waals surface area contributed by atoms with Crippen LogP contribution in [0.2, 0.25) is 0 Å². The third-order valence-corrected chi connectivity index (χ3v) is 3.11. The number of benzene rings is 1. The minimum Gasteiger partial charge on any atom is -0.296 e. The van der Waals surface area contributed by atoms with E-state index < -0.39 is 11.6 Å². The monoisotopic (exact) mass is 236 g/mol. The molecule has 0 saturated heterocycles. The van der Waals surface area contributed by atoms with Crippen LogP contribution < -0.4 is 5.56 Å². The van der Waals surface area contributed by atoms with Crippen molar-refractivity contribution in [3.63, 3.8) is 0 Å². The summed E-state index contributed by atoms with van der Waals surface area (Å²) in [5.41, 5.74) is -0.0364. The van der Waals surface area contributed by atoms with Crippen molar-refractivity contribution in [1.82, 2.24) is 9.55 Å². The van der Waals surface area contributed by atoms with Gasteiger partial charge in [0, 0.05) is 19.0 Å². The summed E-state index contributed by atoms with van der Waals surface area (Å²) >= 11 is 0. The molecule has 5 heteroatoms. The van der Waals surface area contributed by atoms with Gasteiger partial charge in [0.25, 0.3) is 5.56 Å². The van der Waals surface area contributed by atoms with Gasteiger partial charge in [-0.25, -0.2) is 13.8 Å². The standard InChI is InChI=1S/C12H10F2N2O/c13-8-5-7-10(6-9(8)14)15-11-3-1-2-4-16(11)12(7)17/h5-6H,1-4H2. The van der Waals surface area contributed by atoms with Gasteiger partial charge in [0.1, 0.15) is 5.82 Å². The number of aryl methyl sites for hydroxylation is 1. The molecule has 0 spiro atoms. The molecule has 0 N–H and O–H groups in total. The van der Waals surface area contributed by atoms with Crippen LogP contribution in [0, 0.1) is 11.6 Å². The summed E-state index contributed by atoms with van der Waals surface area (Å²) in [4.78, 5) is 16.3. The van der Waals surface area contributed by atoms with Crippen molar-refractivity contribution in [3.8, 4) is 0 Å². The van der Waals surface area contributed by atoms with E-state index in [2.05, 4.69) is 4.98 Å². The van der Waals surface area contributed by atoms with E-state index in [0.717, 1.165) is 25.0 Å². The fourth-order valence-corrected chi connectivity index (χ4v) is 2.24. The Hall–Kier alpha value is -1.78. The molecule has 3 rings (SSSR count). The molecule has 0 radical (unpaired) electrons. The molecule has 1 aliphatic rings. The predicted octanol–water partition coefficient (Wildman–Crippen LogP) is 2.01. The smallest absolute Gasteiger partial charge is 0.261 e. The van der Waals surface area contributed by atoms with Crippen molar-refractivity contribution in [2.75, 3.05) is 0 Å². The molecule has 0 aliphatic carbocycles. The van der Waals surface area contributed by atoms with Crippen molar-refractivity contribution in [1.29, 1.82) is 0 Å². The van der Waals surface area contributed by atoms with Crippen molar-refractivity contribution < 1.29 is 8.78 Å². The maximum atomic E-state index is 13.1. The molecule has 0 fully saturated rings. The Morgan fingerprint density at radius 3 is 2.76 bits per heavy atom. The molecule has 2 aromatic rings. The van der Waals surface area contributed by atoms with Crippen LogP contribution in [0.1, 0.15) is 18.7 Å². The number of aromatic nitrogens is 2. The topological polar surface area (TPSA) is 34.9 Å². The quantitative estimate of drug-likeness (QED) is 0.701. The fraction of sp³-hybridized carbons (Fsp3) is 0.333. The molecule has 0 bridgehead atoms. The first-order valence-corrected chi connectivity index (χ1v) is 5.55. The zero-order valence-electron chi connectivity index (χ0n) is 9.04. The van der Waals surface area contributed by atoms with Crippen LogP contribution in [0.25, 0.3) is 10.9 Å². The van der Waals surface area contributed by atoms with Gasteiger partial charge in [0.2, 0.25) is 0 Å². The van der Waals surface area contributed by atoms with Crippen molar-refractivity contribution in [3.05, 3.63) is 39.9 Å². The van der Waals surface area contributed by atoms with Gasteiger partial charge >= 0.3 is 0 Å². The molecular formula is C12H10F2N2O. The fourth-order valence-electron chi connectivity index (χ4n) is 2.24. The van der Waals surface area contributed by atoms with Crippen LogP contribution >= 0.6 is 0 Å². The van der Waals surface area contributed by atoms with Crippen LogP contribution in [0.15, 0.2) is 16.9 Å². The van der Waals surface area contributed by atoms with Crippen molar-refractivity contribution in [2.24, 2.45) is 0 Å². The van der Waals surface area contributed by atoms with Crippen LogP contribution in [0.4, 0.5) is 8.78 Å². The highest BCUT2D eigenvalue weighted by atomic mass is 19.2. The lowest BCUT2D eigenvalue weighted by Crippen LogP contribution is -2.28. The molecule has 2 heterocycles. The van der Waals surface area contributed by atoms with Gasteiger partial charge in [-0.15, -0.1) is 0 Å². The molecule has 17 heavy (non-hydrogen) atoms.